The van der Waals surface area contributed by atoms with Gasteiger partial charge in [-0.25, -0.2) is 14.5 Å². The van der Waals surface area contributed by atoms with Gasteiger partial charge in [0, 0.05) is 0 Å². The van der Waals surface area contributed by atoms with Crippen molar-refractivity contribution in [3.8, 4) is 0 Å². The van der Waals surface area contributed by atoms with E-state index in [1.54, 1.807) is 12.1 Å². The third-order valence-electron chi connectivity index (χ3n) is 4.44. The lowest BCUT2D eigenvalue weighted by Crippen LogP contribution is -2.40. The molecule has 0 unspecified atom stereocenters. The number of hydrogen-bond acceptors (Lipinski definition) is 6. The number of pyridine rings is 1. The van der Waals surface area contributed by atoms with Crippen molar-refractivity contribution in [1.82, 2.24) is 9.29 Å². The molecule has 1 aliphatic rings. The maximum absolute atomic E-state index is 12.2. The van der Waals surface area contributed by atoms with Crippen LogP contribution in [0.5, 0.6) is 0 Å². The van der Waals surface area contributed by atoms with Gasteiger partial charge in [-0.15, -0.1) is 0 Å². The molecule has 1 saturated heterocycles. The molecule has 10 heteroatoms. The molecule has 1 N–H and O–H groups in total. The second-order valence-electron chi connectivity index (χ2n) is 7.36. The molecule has 2 heterocycles. The molecular weight excluding hydrogens is 362 g/mol. The molecule has 8 nitrogen and oxygen atoms in total. The Morgan fingerprint density at radius 3 is 2.60 bits per heavy atom. The fourth-order valence-electron chi connectivity index (χ4n) is 1.87. The van der Waals surface area contributed by atoms with Crippen molar-refractivity contribution in [3.05, 3.63) is 23.9 Å². The van der Waals surface area contributed by atoms with Crippen LogP contribution in [0.1, 0.15) is 26.5 Å². The van der Waals surface area contributed by atoms with E-state index in [0.717, 1.165) is 0 Å². The summed E-state index contributed by atoms with van der Waals surface area (Å²) in [5, 5.41) is 0.0717. The molecular formula is C15H25N3O5SSi. The van der Waals surface area contributed by atoms with Gasteiger partial charge in [-0.3, -0.25) is 0 Å². The van der Waals surface area contributed by atoms with Gasteiger partial charge >= 0.3 is 16.3 Å². The van der Waals surface area contributed by atoms with Crippen LogP contribution in [0.3, 0.4) is 0 Å². The SMILES string of the molecule is CC(C)(C)[Si](C)(C)OCc1cccc(NS(=O)(=O)N2CCOC2=O)n1. The van der Waals surface area contributed by atoms with E-state index in [-0.39, 0.29) is 24.0 Å². The Kier molecular flexibility index (Phi) is 5.45. The van der Waals surface area contributed by atoms with Crippen molar-refractivity contribution in [2.24, 2.45) is 0 Å². The number of nitrogens with zero attached hydrogens (tertiary/aromatic N) is 2. The fourth-order valence-corrected chi connectivity index (χ4v) is 3.87. The predicted molar refractivity (Wildman–Crippen MR) is 96.8 cm³/mol. The zero-order valence-corrected chi connectivity index (χ0v) is 17.0. The number of nitrogens with one attached hydrogen (secondary N) is 1. The first-order chi connectivity index (χ1) is 11.4. The average Bonchev–Trinajstić information content (AvgIpc) is 2.91. The molecule has 140 valence electrons. The van der Waals surface area contributed by atoms with E-state index < -0.39 is 24.6 Å². The molecule has 25 heavy (non-hydrogen) atoms. The Balaban J connectivity index is 2.08. The Hall–Kier alpha value is -1.65. The molecule has 0 atom stereocenters. The van der Waals surface area contributed by atoms with E-state index in [4.69, 9.17) is 4.43 Å². The third-order valence-corrected chi connectivity index (χ3v) is 10.3. The van der Waals surface area contributed by atoms with Gasteiger partial charge in [-0.1, -0.05) is 26.8 Å². The number of anilines is 1. The van der Waals surface area contributed by atoms with Gasteiger partial charge in [-0.2, -0.15) is 12.7 Å². The van der Waals surface area contributed by atoms with E-state index >= 15 is 0 Å². The van der Waals surface area contributed by atoms with Crippen LogP contribution in [0.2, 0.25) is 18.1 Å². The van der Waals surface area contributed by atoms with Crippen molar-refractivity contribution in [2.45, 2.75) is 45.5 Å². The second kappa shape index (κ2) is 6.93. The van der Waals surface area contributed by atoms with Crippen LogP contribution in [-0.2, 0) is 26.0 Å². The number of hydrogen-bond donors (Lipinski definition) is 1. The molecule has 1 amide bonds. The van der Waals surface area contributed by atoms with Gasteiger partial charge in [0.15, 0.2) is 8.32 Å². The zero-order chi connectivity index (χ0) is 18.9. The number of carbonyl (C=O) groups is 1. The first-order valence-electron chi connectivity index (χ1n) is 7.99. The van der Waals surface area contributed by atoms with Crippen molar-refractivity contribution in [3.63, 3.8) is 0 Å². The molecule has 0 aromatic carbocycles. The highest BCUT2D eigenvalue weighted by molar-refractivity contribution is 7.90. The van der Waals surface area contributed by atoms with E-state index in [0.29, 0.717) is 16.6 Å². The normalized spacial score (nSPS) is 16.0. The molecule has 0 spiro atoms. The Morgan fingerprint density at radius 2 is 2.04 bits per heavy atom. The van der Waals surface area contributed by atoms with E-state index in [1.807, 2.05) is 0 Å². The van der Waals surface area contributed by atoms with Crippen molar-refractivity contribution >= 4 is 30.4 Å². The summed E-state index contributed by atoms with van der Waals surface area (Å²) in [6, 6.07) is 4.99. The predicted octanol–water partition coefficient (Wildman–Crippen LogP) is 2.71. The number of carbonyl (C=O) groups excluding carboxylic acids is 1. The molecule has 1 aromatic rings. The van der Waals surface area contributed by atoms with Gasteiger partial charge in [0.2, 0.25) is 0 Å². The molecule has 0 radical (unpaired) electrons. The number of aromatic nitrogens is 1. The fraction of sp³-hybridized carbons (Fsp3) is 0.600. The van der Waals surface area contributed by atoms with E-state index in [9.17, 15) is 13.2 Å². The molecule has 1 aliphatic heterocycles. The first kappa shape index (κ1) is 19.7. The largest absolute Gasteiger partial charge is 0.447 e. The lowest BCUT2D eigenvalue weighted by atomic mass is 10.2. The summed E-state index contributed by atoms with van der Waals surface area (Å²) in [6.07, 6.45) is -0.884. The standard InChI is InChI=1S/C15H25N3O5SSi/c1-15(2,3)25(4,5)23-11-12-7-6-8-13(16-12)17-24(20,21)18-9-10-22-14(18)19/h6-8H,9-11H2,1-5H3,(H,16,17). The van der Waals surface area contributed by atoms with Gasteiger partial charge in [-0.05, 0) is 30.3 Å². The van der Waals surface area contributed by atoms with Crippen LogP contribution in [0.15, 0.2) is 18.2 Å². The highest BCUT2D eigenvalue weighted by Crippen LogP contribution is 2.37. The topological polar surface area (TPSA) is 97.8 Å². The molecule has 0 aliphatic carbocycles. The summed E-state index contributed by atoms with van der Waals surface area (Å²) in [6.45, 7) is 11.1. The Morgan fingerprint density at radius 1 is 1.36 bits per heavy atom. The summed E-state index contributed by atoms with van der Waals surface area (Å²) in [5.41, 5.74) is 0.619. The van der Waals surface area contributed by atoms with E-state index in [1.165, 1.54) is 6.07 Å². The molecule has 0 bridgehead atoms. The Bertz CT molecular complexity index is 746. The van der Waals surface area contributed by atoms with Gasteiger partial charge in [0.25, 0.3) is 0 Å². The van der Waals surface area contributed by atoms with Crippen LogP contribution in [0.4, 0.5) is 10.6 Å². The summed E-state index contributed by atoms with van der Waals surface area (Å²) >= 11 is 0. The van der Waals surface area contributed by atoms with Gasteiger partial charge < -0.3 is 9.16 Å². The highest BCUT2D eigenvalue weighted by Gasteiger charge is 2.37. The van der Waals surface area contributed by atoms with Crippen LogP contribution >= 0.6 is 0 Å². The lowest BCUT2D eigenvalue weighted by Gasteiger charge is -2.36. The molecule has 0 saturated carbocycles. The maximum Gasteiger partial charge on any atom is 0.425 e. The minimum atomic E-state index is -4.03. The summed E-state index contributed by atoms with van der Waals surface area (Å²) in [4.78, 5) is 15.7. The number of rotatable bonds is 6. The van der Waals surface area contributed by atoms with Crippen LogP contribution < -0.4 is 4.72 Å². The average molecular weight is 388 g/mol. The van der Waals surface area contributed by atoms with Gasteiger partial charge in [0.1, 0.15) is 12.4 Å². The minimum absolute atomic E-state index is 0.0116. The third kappa shape index (κ3) is 4.70. The maximum atomic E-state index is 12.2. The van der Waals surface area contributed by atoms with Crippen LogP contribution in [0.25, 0.3) is 0 Å². The number of amides is 1. The number of ether oxygens (including phenoxy) is 1. The zero-order valence-electron chi connectivity index (χ0n) is 15.2. The van der Waals surface area contributed by atoms with Crippen LogP contribution in [0, 0.1) is 0 Å². The second-order valence-corrected chi connectivity index (χ2v) is 13.8. The van der Waals surface area contributed by atoms with Crippen molar-refractivity contribution in [1.29, 1.82) is 0 Å². The quantitative estimate of drug-likeness (QED) is 0.754. The lowest BCUT2D eigenvalue weighted by molar-refractivity contribution is 0.170. The van der Waals surface area contributed by atoms with Crippen molar-refractivity contribution in [2.75, 3.05) is 17.9 Å². The summed E-state index contributed by atoms with van der Waals surface area (Å²) < 4.78 is 38.1. The number of cyclic esters (lactones) is 1. The molecule has 1 fully saturated rings. The first-order valence-corrected chi connectivity index (χ1v) is 12.3. The summed E-state index contributed by atoms with van der Waals surface area (Å²) in [7, 11) is -5.96. The summed E-state index contributed by atoms with van der Waals surface area (Å²) in [5.74, 6) is 0.135. The van der Waals surface area contributed by atoms with E-state index in [2.05, 4.69) is 48.3 Å². The van der Waals surface area contributed by atoms with Crippen LogP contribution in [-0.4, -0.2) is 45.3 Å². The highest BCUT2D eigenvalue weighted by atomic mass is 32.2. The monoisotopic (exact) mass is 387 g/mol. The van der Waals surface area contributed by atoms with Crippen molar-refractivity contribution < 1.29 is 22.4 Å². The van der Waals surface area contributed by atoms with Gasteiger partial charge in [0.05, 0.1) is 18.8 Å². The Labute approximate surface area is 149 Å². The molecule has 2 rings (SSSR count). The smallest absolute Gasteiger partial charge is 0.425 e. The molecule has 1 aromatic heterocycles. The minimum Gasteiger partial charge on any atom is -0.447 e.